The number of aliphatic hydroxyl groups is 1. The third-order valence-electron chi connectivity index (χ3n) is 9.06. The highest BCUT2D eigenvalue weighted by molar-refractivity contribution is 5.84. The second-order valence-corrected chi connectivity index (χ2v) is 12.9. The molecule has 2 aliphatic rings. The van der Waals surface area contributed by atoms with E-state index in [-0.39, 0.29) is 42.7 Å². The molecular formula is C33H46FN5O6. The summed E-state index contributed by atoms with van der Waals surface area (Å²) < 4.78 is 22.5. The van der Waals surface area contributed by atoms with Gasteiger partial charge in [0.05, 0.1) is 35.7 Å². The number of amides is 2. The maximum atomic E-state index is 15.2. The molecule has 246 valence electrons. The van der Waals surface area contributed by atoms with Gasteiger partial charge >= 0.3 is 12.1 Å². The number of likely N-dealkylation sites (N-methyl/N-ethyl adjacent to an activating group) is 2. The van der Waals surface area contributed by atoms with E-state index >= 15 is 4.39 Å². The maximum Gasteiger partial charge on any atom is 0.407 e. The summed E-state index contributed by atoms with van der Waals surface area (Å²) in [4.78, 5) is 42.5. The van der Waals surface area contributed by atoms with E-state index in [4.69, 9.17) is 4.74 Å². The Hall–Kier alpha value is -3.77. The van der Waals surface area contributed by atoms with Crippen molar-refractivity contribution >= 4 is 34.9 Å². The Labute approximate surface area is 263 Å². The number of carbonyl (C=O) groups is 3. The normalized spacial score (nSPS) is 28.2. The molecular weight excluding hydrogens is 581 g/mol. The SMILES string of the molecule is C/C(=C\c1cc(F)c2cnn(CC(=O)N(C)C)c2c1)[C@H]1OC(=O)C[C@H](O)CC[C@H](C)[C@@H](C2CN(C)CCN2C(=O)O)/C=C/[C@@H]1C. The molecule has 0 aliphatic carbocycles. The molecule has 2 aromatic rings. The lowest BCUT2D eigenvalue weighted by molar-refractivity contribution is -0.151. The zero-order valence-corrected chi connectivity index (χ0v) is 27.0. The number of ether oxygens (including phenoxy) is 1. The number of hydrogen-bond acceptors (Lipinski definition) is 7. The number of nitrogens with zero attached hydrogens (tertiary/aromatic N) is 5. The van der Waals surface area contributed by atoms with Crippen LogP contribution in [0.2, 0.25) is 0 Å². The molecule has 2 amide bonds. The van der Waals surface area contributed by atoms with Crippen LogP contribution in [-0.4, -0.2) is 112 Å². The van der Waals surface area contributed by atoms with E-state index in [1.807, 2.05) is 33.0 Å². The minimum absolute atomic E-state index is 0.0395. The van der Waals surface area contributed by atoms with Crippen molar-refractivity contribution < 1.29 is 33.7 Å². The van der Waals surface area contributed by atoms with Crippen LogP contribution in [0.3, 0.4) is 0 Å². The lowest BCUT2D eigenvalue weighted by Gasteiger charge is -2.43. The van der Waals surface area contributed by atoms with Gasteiger partial charge in [0, 0.05) is 45.6 Å². The van der Waals surface area contributed by atoms with Crippen molar-refractivity contribution in [2.45, 2.75) is 64.8 Å². The fourth-order valence-electron chi connectivity index (χ4n) is 6.35. The molecule has 1 aromatic carbocycles. The first kappa shape index (κ1) is 34.1. The molecule has 0 spiro atoms. The van der Waals surface area contributed by atoms with Crippen LogP contribution in [0.4, 0.5) is 9.18 Å². The lowest BCUT2D eigenvalue weighted by atomic mass is 9.80. The number of carboxylic acid groups (broad SMARTS) is 1. The molecule has 0 saturated carbocycles. The number of benzene rings is 1. The topological polar surface area (TPSA) is 128 Å². The Kier molecular flexibility index (Phi) is 11.0. The molecule has 45 heavy (non-hydrogen) atoms. The van der Waals surface area contributed by atoms with Gasteiger partial charge in [-0.25, -0.2) is 9.18 Å². The van der Waals surface area contributed by atoms with Gasteiger partial charge in [0.1, 0.15) is 18.5 Å². The predicted octanol–water partition coefficient (Wildman–Crippen LogP) is 3.86. The van der Waals surface area contributed by atoms with Crippen LogP contribution in [-0.2, 0) is 20.9 Å². The van der Waals surface area contributed by atoms with Crippen molar-refractivity contribution in [1.82, 2.24) is 24.5 Å². The number of cyclic esters (lactones) is 1. The summed E-state index contributed by atoms with van der Waals surface area (Å²) in [5.74, 6) is -1.59. The van der Waals surface area contributed by atoms with Gasteiger partial charge in [0.2, 0.25) is 5.91 Å². The molecule has 0 radical (unpaired) electrons. The smallest absolute Gasteiger partial charge is 0.407 e. The predicted molar refractivity (Wildman–Crippen MR) is 169 cm³/mol. The minimum Gasteiger partial charge on any atom is -0.465 e. The molecule has 1 aromatic heterocycles. The first-order chi connectivity index (χ1) is 21.2. The Bertz CT molecular complexity index is 1450. The number of rotatable bonds is 5. The van der Waals surface area contributed by atoms with Crippen LogP contribution in [0.25, 0.3) is 17.0 Å². The first-order valence-electron chi connectivity index (χ1n) is 15.5. The van der Waals surface area contributed by atoms with Crippen molar-refractivity contribution in [3.63, 3.8) is 0 Å². The van der Waals surface area contributed by atoms with Crippen LogP contribution >= 0.6 is 0 Å². The molecule has 1 fully saturated rings. The molecule has 6 atom stereocenters. The van der Waals surface area contributed by atoms with E-state index in [1.54, 1.807) is 26.2 Å². The number of esters is 1. The summed E-state index contributed by atoms with van der Waals surface area (Å²) in [6, 6.07) is 2.86. The molecule has 3 heterocycles. The second kappa shape index (κ2) is 14.6. The average Bonchev–Trinajstić information content (AvgIpc) is 3.36. The van der Waals surface area contributed by atoms with Gasteiger partial charge < -0.3 is 29.6 Å². The quantitative estimate of drug-likeness (QED) is 0.378. The number of piperazine rings is 1. The molecule has 1 unspecified atom stereocenters. The van der Waals surface area contributed by atoms with E-state index < -0.39 is 30.1 Å². The molecule has 2 aliphatic heterocycles. The highest BCUT2D eigenvalue weighted by atomic mass is 19.1. The second-order valence-electron chi connectivity index (χ2n) is 12.9. The Morgan fingerprint density at radius 3 is 2.60 bits per heavy atom. The standard InChI is InChI=1S/C33H46FN5O6/c1-20-7-9-24(40)16-31(42)45-32(21(2)8-10-25(20)29-18-37(6)11-12-38(29)33(43)44)22(3)13-23-14-27(34)26-17-35-39(28(26)15-23)19-30(41)36(4)5/h8,10,13-15,17,20-21,24-25,29,32,40H,7,9,11-12,16,18-19H2,1-6H3,(H,43,44)/b10-8+,22-13+/t20-,21-,24+,25-,29?,32-/m0/s1. The third-order valence-corrected chi connectivity index (χ3v) is 9.06. The van der Waals surface area contributed by atoms with Gasteiger partial charge in [-0.05, 0) is 56.0 Å². The number of hydrogen-bond donors (Lipinski definition) is 2. The number of halogens is 1. The monoisotopic (exact) mass is 627 g/mol. The summed E-state index contributed by atoms with van der Waals surface area (Å²) in [7, 11) is 5.27. The fraction of sp³-hybridized carbons (Fsp3) is 0.576. The summed E-state index contributed by atoms with van der Waals surface area (Å²) in [6.07, 6.45) is 5.45. The summed E-state index contributed by atoms with van der Waals surface area (Å²) in [5, 5.41) is 25.2. The molecule has 12 heteroatoms. The molecule has 0 bridgehead atoms. The van der Waals surface area contributed by atoms with E-state index in [9.17, 15) is 24.6 Å². The summed E-state index contributed by atoms with van der Waals surface area (Å²) in [5.41, 5.74) is 1.65. The van der Waals surface area contributed by atoms with Gasteiger partial charge in [-0.3, -0.25) is 14.3 Å². The first-order valence-corrected chi connectivity index (χ1v) is 15.5. The largest absolute Gasteiger partial charge is 0.465 e. The Morgan fingerprint density at radius 2 is 1.91 bits per heavy atom. The van der Waals surface area contributed by atoms with E-state index in [2.05, 4.69) is 16.9 Å². The average molecular weight is 628 g/mol. The number of aliphatic hydroxyl groups excluding tert-OH is 1. The maximum absolute atomic E-state index is 15.2. The molecule has 11 nitrogen and oxygen atoms in total. The number of carbonyl (C=O) groups excluding carboxylic acids is 2. The highest BCUT2D eigenvalue weighted by Crippen LogP contribution is 2.32. The number of fused-ring (bicyclic) bond motifs is 1. The Balaban J connectivity index is 1.69. The van der Waals surface area contributed by atoms with Crippen LogP contribution in [0.15, 0.2) is 36.1 Å². The molecule has 2 N–H and O–H groups in total. The molecule has 4 rings (SSSR count). The zero-order chi connectivity index (χ0) is 33.0. The van der Waals surface area contributed by atoms with E-state index in [0.29, 0.717) is 54.5 Å². The van der Waals surface area contributed by atoms with Crippen molar-refractivity contribution in [3.05, 3.63) is 47.4 Å². The van der Waals surface area contributed by atoms with Crippen LogP contribution in [0, 0.1) is 23.6 Å². The third kappa shape index (κ3) is 8.29. The van der Waals surface area contributed by atoms with E-state index in [0.717, 1.165) is 0 Å². The van der Waals surface area contributed by atoms with Crippen LogP contribution in [0.1, 0.15) is 45.6 Å². The zero-order valence-electron chi connectivity index (χ0n) is 27.0. The molecule has 1 saturated heterocycles. The van der Waals surface area contributed by atoms with Crippen LogP contribution < -0.4 is 0 Å². The summed E-state index contributed by atoms with van der Waals surface area (Å²) >= 11 is 0. The van der Waals surface area contributed by atoms with Gasteiger partial charge in [0.25, 0.3) is 0 Å². The van der Waals surface area contributed by atoms with Crippen LogP contribution in [0.5, 0.6) is 0 Å². The van der Waals surface area contributed by atoms with Gasteiger partial charge in [-0.15, -0.1) is 0 Å². The van der Waals surface area contributed by atoms with Gasteiger partial charge in [-0.2, -0.15) is 5.10 Å². The Morgan fingerprint density at radius 1 is 1.18 bits per heavy atom. The van der Waals surface area contributed by atoms with Gasteiger partial charge in [-0.1, -0.05) is 32.1 Å². The van der Waals surface area contributed by atoms with E-state index in [1.165, 1.54) is 26.7 Å². The van der Waals surface area contributed by atoms with Gasteiger partial charge in [0.15, 0.2) is 0 Å². The van der Waals surface area contributed by atoms with Crippen molar-refractivity contribution in [2.24, 2.45) is 17.8 Å². The lowest BCUT2D eigenvalue weighted by Crippen LogP contribution is -2.57. The summed E-state index contributed by atoms with van der Waals surface area (Å²) in [6.45, 7) is 7.41. The minimum atomic E-state index is -0.949. The van der Waals surface area contributed by atoms with Crippen molar-refractivity contribution in [3.8, 4) is 0 Å². The highest BCUT2D eigenvalue weighted by Gasteiger charge is 2.37. The van der Waals surface area contributed by atoms with Crippen molar-refractivity contribution in [1.29, 1.82) is 0 Å². The fourth-order valence-corrected chi connectivity index (χ4v) is 6.35. The number of aromatic nitrogens is 2. The van der Waals surface area contributed by atoms with Crippen molar-refractivity contribution in [2.75, 3.05) is 40.8 Å².